The molecule has 0 saturated carbocycles. The van der Waals surface area contributed by atoms with E-state index < -0.39 is 0 Å². The second-order valence-electron chi connectivity index (χ2n) is 4.61. The van der Waals surface area contributed by atoms with Crippen molar-refractivity contribution in [3.05, 3.63) is 63.8 Å². The number of rotatable bonds is 3. The number of fused-ring (bicyclic) bond motifs is 1. The molecular formula is C16H14N2O2S. The van der Waals surface area contributed by atoms with Gasteiger partial charge in [0.1, 0.15) is 0 Å². The number of aromatic nitrogens is 1. The van der Waals surface area contributed by atoms with Crippen molar-refractivity contribution < 1.29 is 4.79 Å². The van der Waals surface area contributed by atoms with Gasteiger partial charge in [0.25, 0.3) is 5.91 Å². The Morgan fingerprint density at radius 3 is 2.67 bits per heavy atom. The number of benzene rings is 2. The molecule has 0 saturated heterocycles. The van der Waals surface area contributed by atoms with Crippen LogP contribution in [0.15, 0.2) is 53.3 Å². The molecule has 0 aliphatic rings. The second-order valence-corrected chi connectivity index (χ2v) is 5.61. The quantitative estimate of drug-likeness (QED) is 0.806. The Balaban J connectivity index is 1.92. The van der Waals surface area contributed by atoms with Crippen molar-refractivity contribution >= 4 is 33.1 Å². The maximum atomic E-state index is 12.1. The number of anilines is 1. The van der Waals surface area contributed by atoms with Gasteiger partial charge < -0.3 is 5.32 Å². The van der Waals surface area contributed by atoms with Crippen LogP contribution in [0.25, 0.3) is 10.2 Å². The summed E-state index contributed by atoms with van der Waals surface area (Å²) in [5, 5.41) is 2.85. The van der Waals surface area contributed by atoms with E-state index in [-0.39, 0.29) is 10.8 Å². The third-order valence-electron chi connectivity index (χ3n) is 3.28. The molecule has 4 nitrogen and oxygen atoms in total. The molecule has 0 unspecified atom stereocenters. The first-order valence-electron chi connectivity index (χ1n) is 6.69. The van der Waals surface area contributed by atoms with Gasteiger partial charge >= 0.3 is 4.87 Å². The van der Waals surface area contributed by atoms with Gasteiger partial charge in [0.05, 0.1) is 10.2 Å². The van der Waals surface area contributed by atoms with Crippen LogP contribution < -0.4 is 10.2 Å². The Hall–Kier alpha value is -2.40. The van der Waals surface area contributed by atoms with Gasteiger partial charge in [-0.2, -0.15) is 0 Å². The predicted octanol–water partition coefficient (Wildman–Crippen LogP) is 3.34. The van der Waals surface area contributed by atoms with Crippen LogP contribution >= 0.6 is 11.3 Å². The van der Waals surface area contributed by atoms with Crippen molar-refractivity contribution in [3.8, 4) is 0 Å². The zero-order chi connectivity index (χ0) is 14.8. The molecule has 0 radical (unpaired) electrons. The van der Waals surface area contributed by atoms with Gasteiger partial charge in [-0.05, 0) is 37.3 Å². The van der Waals surface area contributed by atoms with Gasteiger partial charge in [0, 0.05) is 17.8 Å². The molecule has 1 aromatic heterocycles. The van der Waals surface area contributed by atoms with Crippen LogP contribution in [0, 0.1) is 0 Å². The van der Waals surface area contributed by atoms with Crippen molar-refractivity contribution in [1.29, 1.82) is 0 Å². The molecule has 1 amide bonds. The van der Waals surface area contributed by atoms with Gasteiger partial charge in [-0.3, -0.25) is 14.2 Å². The molecule has 5 heteroatoms. The van der Waals surface area contributed by atoms with Crippen LogP contribution in [-0.2, 0) is 6.54 Å². The monoisotopic (exact) mass is 298 g/mol. The summed E-state index contributed by atoms with van der Waals surface area (Å²) in [6.07, 6.45) is 0. The number of hydrogen-bond donors (Lipinski definition) is 1. The number of nitrogens with zero attached hydrogens (tertiary/aromatic N) is 1. The third-order valence-corrected chi connectivity index (χ3v) is 4.22. The maximum Gasteiger partial charge on any atom is 0.308 e. The number of aryl methyl sites for hydroxylation is 1. The lowest BCUT2D eigenvalue weighted by Gasteiger charge is -2.05. The first-order chi connectivity index (χ1) is 10.2. The molecule has 1 heterocycles. The van der Waals surface area contributed by atoms with E-state index in [9.17, 15) is 9.59 Å². The van der Waals surface area contributed by atoms with E-state index in [1.807, 2.05) is 43.3 Å². The van der Waals surface area contributed by atoms with Gasteiger partial charge in [0.2, 0.25) is 0 Å². The minimum absolute atomic E-state index is 0.0269. The highest BCUT2D eigenvalue weighted by molar-refractivity contribution is 7.16. The highest BCUT2D eigenvalue weighted by Crippen LogP contribution is 2.22. The zero-order valence-corrected chi connectivity index (χ0v) is 12.3. The topological polar surface area (TPSA) is 51.1 Å². The number of amides is 1. The first kappa shape index (κ1) is 13.6. The number of carbonyl (C=O) groups excluding carboxylic acids is 1. The molecule has 0 bridgehead atoms. The fourth-order valence-electron chi connectivity index (χ4n) is 2.24. The third kappa shape index (κ3) is 2.60. The summed E-state index contributed by atoms with van der Waals surface area (Å²) in [4.78, 5) is 23.9. The minimum Gasteiger partial charge on any atom is -0.322 e. The van der Waals surface area contributed by atoms with Crippen LogP contribution in [0.1, 0.15) is 17.3 Å². The van der Waals surface area contributed by atoms with Crippen LogP contribution in [0.5, 0.6) is 0 Å². The molecule has 3 rings (SSSR count). The lowest BCUT2D eigenvalue weighted by molar-refractivity contribution is 0.102. The summed E-state index contributed by atoms with van der Waals surface area (Å²) in [5.41, 5.74) is 2.21. The van der Waals surface area contributed by atoms with E-state index in [1.54, 1.807) is 16.7 Å². The van der Waals surface area contributed by atoms with E-state index in [1.165, 1.54) is 11.3 Å². The number of hydrogen-bond acceptors (Lipinski definition) is 3. The summed E-state index contributed by atoms with van der Waals surface area (Å²) >= 11 is 1.20. The summed E-state index contributed by atoms with van der Waals surface area (Å²) in [6.45, 7) is 2.59. The van der Waals surface area contributed by atoms with Crippen molar-refractivity contribution in [2.45, 2.75) is 13.5 Å². The van der Waals surface area contributed by atoms with Crippen LogP contribution in [0.2, 0.25) is 0 Å². The van der Waals surface area contributed by atoms with Gasteiger partial charge in [-0.15, -0.1) is 0 Å². The number of nitrogens with one attached hydrogen (secondary N) is 1. The van der Waals surface area contributed by atoms with Crippen molar-refractivity contribution in [2.24, 2.45) is 0 Å². The fraction of sp³-hybridized carbons (Fsp3) is 0.125. The SMILES string of the molecule is CCn1c(=O)sc2cc(NC(=O)c3ccccc3)ccc21. The molecule has 3 aromatic rings. The van der Waals surface area contributed by atoms with Crippen LogP contribution in [0.4, 0.5) is 5.69 Å². The van der Waals surface area contributed by atoms with E-state index >= 15 is 0 Å². The second kappa shape index (κ2) is 5.54. The van der Waals surface area contributed by atoms with E-state index in [0.717, 1.165) is 10.2 Å². The van der Waals surface area contributed by atoms with Crippen molar-refractivity contribution in [2.75, 3.05) is 5.32 Å². The van der Waals surface area contributed by atoms with Crippen molar-refractivity contribution in [3.63, 3.8) is 0 Å². The fourth-order valence-corrected chi connectivity index (χ4v) is 3.23. The molecule has 0 fully saturated rings. The van der Waals surface area contributed by atoms with Crippen LogP contribution in [-0.4, -0.2) is 10.5 Å². The summed E-state index contributed by atoms with van der Waals surface area (Å²) in [6, 6.07) is 14.6. The van der Waals surface area contributed by atoms with Crippen molar-refractivity contribution in [1.82, 2.24) is 4.57 Å². The molecule has 0 atom stereocenters. The molecule has 0 aliphatic heterocycles. The molecule has 1 N–H and O–H groups in total. The Morgan fingerprint density at radius 2 is 1.95 bits per heavy atom. The van der Waals surface area contributed by atoms with Gasteiger partial charge in [-0.25, -0.2) is 0 Å². The zero-order valence-electron chi connectivity index (χ0n) is 11.5. The predicted molar refractivity (Wildman–Crippen MR) is 86.2 cm³/mol. The Labute approximate surface area is 125 Å². The minimum atomic E-state index is -0.155. The summed E-state index contributed by atoms with van der Waals surface area (Å²) < 4.78 is 2.61. The molecule has 2 aromatic carbocycles. The molecule has 106 valence electrons. The number of thiazole rings is 1. The average molecular weight is 298 g/mol. The summed E-state index contributed by atoms with van der Waals surface area (Å²) in [7, 11) is 0. The van der Waals surface area contributed by atoms with E-state index in [2.05, 4.69) is 5.32 Å². The smallest absolute Gasteiger partial charge is 0.308 e. The van der Waals surface area contributed by atoms with Gasteiger partial charge in [-0.1, -0.05) is 29.5 Å². The van der Waals surface area contributed by atoms with Gasteiger partial charge in [0.15, 0.2) is 0 Å². The van der Waals surface area contributed by atoms with E-state index in [0.29, 0.717) is 17.8 Å². The highest BCUT2D eigenvalue weighted by atomic mass is 32.1. The first-order valence-corrected chi connectivity index (χ1v) is 7.50. The largest absolute Gasteiger partial charge is 0.322 e. The Kier molecular flexibility index (Phi) is 3.58. The Bertz CT molecular complexity index is 850. The average Bonchev–Trinajstić information content (AvgIpc) is 2.82. The Morgan fingerprint density at radius 1 is 1.19 bits per heavy atom. The molecular weight excluding hydrogens is 284 g/mol. The highest BCUT2D eigenvalue weighted by Gasteiger charge is 2.09. The molecule has 21 heavy (non-hydrogen) atoms. The standard InChI is InChI=1S/C16H14N2O2S/c1-2-18-13-9-8-12(10-14(13)21-16(18)20)17-15(19)11-6-4-3-5-7-11/h3-10H,2H2,1H3,(H,17,19). The lowest BCUT2D eigenvalue weighted by atomic mass is 10.2. The summed E-state index contributed by atoms with van der Waals surface area (Å²) in [5.74, 6) is -0.155. The normalized spacial score (nSPS) is 10.7. The van der Waals surface area contributed by atoms with E-state index in [4.69, 9.17) is 0 Å². The number of carbonyl (C=O) groups is 1. The molecule has 0 aliphatic carbocycles. The maximum absolute atomic E-state index is 12.1. The lowest BCUT2D eigenvalue weighted by Crippen LogP contribution is -2.12. The molecule has 0 spiro atoms. The van der Waals surface area contributed by atoms with Crippen LogP contribution in [0.3, 0.4) is 0 Å².